The lowest BCUT2D eigenvalue weighted by Gasteiger charge is -2.05. The van der Waals surface area contributed by atoms with Crippen molar-refractivity contribution in [2.45, 2.75) is 0 Å². The number of nitrogens with zero attached hydrogens (tertiary/aromatic N) is 2. The molecule has 1 heterocycles. The molecular weight excluding hydrogens is 251 g/mol. The van der Waals surface area contributed by atoms with E-state index >= 15 is 0 Å². The molecule has 2 rings (SSSR count). The molecule has 0 spiro atoms. The highest BCUT2D eigenvalue weighted by molar-refractivity contribution is 5.91. The Labute approximate surface area is 108 Å². The van der Waals surface area contributed by atoms with Crippen molar-refractivity contribution in [3.05, 3.63) is 41.8 Å². The Morgan fingerprint density at radius 2 is 2.11 bits per heavy atom. The summed E-state index contributed by atoms with van der Waals surface area (Å²) in [6.07, 6.45) is 0. The van der Waals surface area contributed by atoms with Gasteiger partial charge in [0, 0.05) is 19.2 Å². The molecule has 1 amide bonds. The van der Waals surface area contributed by atoms with Crippen molar-refractivity contribution in [1.29, 1.82) is 0 Å². The molecule has 0 unspecified atom stereocenters. The van der Waals surface area contributed by atoms with Gasteiger partial charge in [-0.15, -0.1) is 10.2 Å². The molecule has 0 saturated carbocycles. The second-order valence-corrected chi connectivity index (χ2v) is 3.62. The van der Waals surface area contributed by atoms with Gasteiger partial charge in [-0.25, -0.2) is 4.39 Å². The van der Waals surface area contributed by atoms with Crippen LogP contribution in [0.25, 0.3) is 0 Å². The van der Waals surface area contributed by atoms with Gasteiger partial charge in [0.15, 0.2) is 5.69 Å². The third-order valence-electron chi connectivity index (χ3n) is 2.29. The van der Waals surface area contributed by atoms with E-state index in [0.717, 1.165) is 6.07 Å². The van der Waals surface area contributed by atoms with E-state index in [1.165, 1.54) is 31.3 Å². The number of carbonyl (C=O) groups excluding carboxylic acids is 1. The van der Waals surface area contributed by atoms with Gasteiger partial charge >= 0.3 is 0 Å². The van der Waals surface area contributed by atoms with Crippen molar-refractivity contribution in [3.63, 3.8) is 0 Å². The van der Waals surface area contributed by atoms with Crippen LogP contribution in [-0.2, 0) is 0 Å². The van der Waals surface area contributed by atoms with Crippen LogP contribution in [0.1, 0.15) is 10.5 Å². The molecule has 1 aromatic heterocycles. The highest BCUT2D eigenvalue weighted by Crippen LogP contribution is 2.22. The van der Waals surface area contributed by atoms with E-state index in [2.05, 4.69) is 15.5 Å². The maximum Gasteiger partial charge on any atom is 0.271 e. The molecule has 1 aromatic carbocycles. The largest absolute Gasteiger partial charge is 0.437 e. The van der Waals surface area contributed by atoms with Crippen LogP contribution < -0.4 is 15.8 Å². The molecule has 2 aromatic rings. The fourth-order valence-electron chi connectivity index (χ4n) is 1.32. The second-order valence-electron chi connectivity index (χ2n) is 3.62. The van der Waals surface area contributed by atoms with Crippen LogP contribution in [0.2, 0.25) is 0 Å². The third kappa shape index (κ3) is 2.95. The van der Waals surface area contributed by atoms with Crippen molar-refractivity contribution in [2.24, 2.45) is 0 Å². The van der Waals surface area contributed by atoms with E-state index < -0.39 is 5.82 Å². The lowest BCUT2D eigenvalue weighted by molar-refractivity contribution is 0.0957. The van der Waals surface area contributed by atoms with Crippen LogP contribution in [-0.4, -0.2) is 23.2 Å². The first-order chi connectivity index (χ1) is 9.10. The van der Waals surface area contributed by atoms with Gasteiger partial charge < -0.3 is 15.8 Å². The minimum atomic E-state index is -0.576. The average molecular weight is 262 g/mol. The molecule has 0 aliphatic carbocycles. The van der Waals surface area contributed by atoms with Crippen LogP contribution in [0.5, 0.6) is 11.6 Å². The number of rotatable bonds is 3. The highest BCUT2D eigenvalue weighted by Gasteiger charge is 2.07. The Hall–Kier alpha value is -2.70. The highest BCUT2D eigenvalue weighted by atomic mass is 19.1. The molecule has 0 radical (unpaired) electrons. The number of hydrogen-bond donors (Lipinski definition) is 2. The van der Waals surface area contributed by atoms with E-state index in [-0.39, 0.29) is 28.9 Å². The van der Waals surface area contributed by atoms with Gasteiger partial charge in [0.1, 0.15) is 11.6 Å². The SMILES string of the molecule is CNC(=O)c1ccc(Oc2ccc(N)c(F)c2)nn1. The topological polar surface area (TPSA) is 90.1 Å². The average Bonchev–Trinajstić information content (AvgIpc) is 2.43. The van der Waals surface area contributed by atoms with Crippen molar-refractivity contribution >= 4 is 11.6 Å². The summed E-state index contributed by atoms with van der Waals surface area (Å²) in [5.41, 5.74) is 5.55. The fraction of sp³-hybridized carbons (Fsp3) is 0.0833. The predicted molar refractivity (Wildman–Crippen MR) is 66.3 cm³/mol. The number of nitrogens with one attached hydrogen (secondary N) is 1. The van der Waals surface area contributed by atoms with Gasteiger partial charge in [0.2, 0.25) is 5.88 Å². The first-order valence-corrected chi connectivity index (χ1v) is 5.39. The summed E-state index contributed by atoms with van der Waals surface area (Å²) in [7, 11) is 1.49. The molecule has 0 fully saturated rings. The van der Waals surface area contributed by atoms with Crippen LogP contribution >= 0.6 is 0 Å². The first-order valence-electron chi connectivity index (χ1n) is 5.39. The molecule has 3 N–H and O–H groups in total. The third-order valence-corrected chi connectivity index (χ3v) is 2.29. The molecule has 6 nitrogen and oxygen atoms in total. The molecule has 0 bridgehead atoms. The van der Waals surface area contributed by atoms with E-state index in [0.29, 0.717) is 0 Å². The van der Waals surface area contributed by atoms with Gasteiger partial charge in [0.25, 0.3) is 5.91 Å². The smallest absolute Gasteiger partial charge is 0.271 e. The van der Waals surface area contributed by atoms with Crippen molar-refractivity contribution in [2.75, 3.05) is 12.8 Å². The number of carbonyl (C=O) groups is 1. The van der Waals surface area contributed by atoms with E-state index in [1.54, 1.807) is 0 Å². The van der Waals surface area contributed by atoms with Crippen LogP contribution in [0.15, 0.2) is 30.3 Å². The predicted octanol–water partition coefficient (Wildman–Crippen LogP) is 1.35. The van der Waals surface area contributed by atoms with Crippen molar-refractivity contribution < 1.29 is 13.9 Å². The van der Waals surface area contributed by atoms with Crippen LogP contribution in [0, 0.1) is 5.82 Å². The summed E-state index contributed by atoms with van der Waals surface area (Å²) in [5.74, 6) is -0.532. The zero-order chi connectivity index (χ0) is 13.8. The molecular formula is C12H11FN4O2. The number of amides is 1. The fourth-order valence-corrected chi connectivity index (χ4v) is 1.32. The zero-order valence-electron chi connectivity index (χ0n) is 10.1. The van der Waals surface area contributed by atoms with E-state index in [4.69, 9.17) is 10.5 Å². The maximum absolute atomic E-state index is 13.2. The number of nitrogens with two attached hydrogens (primary N) is 1. The van der Waals surface area contributed by atoms with Crippen LogP contribution in [0.4, 0.5) is 10.1 Å². The standard InChI is InChI=1S/C12H11FN4O2/c1-15-12(18)10-4-5-11(17-16-10)19-7-2-3-9(14)8(13)6-7/h2-6H,14H2,1H3,(H,15,18). The number of ether oxygens (including phenoxy) is 1. The number of anilines is 1. The van der Waals surface area contributed by atoms with Gasteiger partial charge in [-0.1, -0.05) is 0 Å². The monoisotopic (exact) mass is 262 g/mol. The van der Waals surface area contributed by atoms with E-state index in [9.17, 15) is 9.18 Å². The summed E-state index contributed by atoms with van der Waals surface area (Å²) >= 11 is 0. The Morgan fingerprint density at radius 3 is 2.68 bits per heavy atom. The molecule has 0 atom stereocenters. The van der Waals surface area contributed by atoms with Crippen molar-refractivity contribution in [1.82, 2.24) is 15.5 Å². The summed E-state index contributed by atoms with van der Waals surface area (Å²) in [5, 5.41) is 9.81. The Morgan fingerprint density at radius 1 is 1.32 bits per heavy atom. The lowest BCUT2D eigenvalue weighted by Crippen LogP contribution is -2.19. The van der Waals surface area contributed by atoms with Crippen molar-refractivity contribution in [3.8, 4) is 11.6 Å². The molecule has 7 heteroatoms. The lowest BCUT2D eigenvalue weighted by atomic mass is 10.3. The second kappa shape index (κ2) is 5.30. The molecule has 0 aliphatic rings. The van der Waals surface area contributed by atoms with Crippen LogP contribution in [0.3, 0.4) is 0 Å². The van der Waals surface area contributed by atoms with Gasteiger partial charge in [-0.05, 0) is 18.2 Å². The van der Waals surface area contributed by atoms with E-state index in [1.807, 2.05) is 0 Å². The Bertz CT molecular complexity index is 601. The number of halogens is 1. The molecule has 98 valence electrons. The normalized spacial score (nSPS) is 10.0. The number of aromatic nitrogens is 2. The van der Waals surface area contributed by atoms with Gasteiger partial charge in [0.05, 0.1) is 5.69 Å². The molecule has 0 saturated heterocycles. The number of nitrogen functional groups attached to an aromatic ring is 1. The maximum atomic E-state index is 13.2. The molecule has 0 aliphatic heterocycles. The summed E-state index contributed by atoms with van der Waals surface area (Å²) in [6, 6.07) is 6.95. The summed E-state index contributed by atoms with van der Waals surface area (Å²) in [6.45, 7) is 0. The van der Waals surface area contributed by atoms with Gasteiger partial charge in [-0.3, -0.25) is 4.79 Å². The minimum absolute atomic E-state index is 0.0356. The van der Waals surface area contributed by atoms with Gasteiger partial charge in [-0.2, -0.15) is 0 Å². The first kappa shape index (κ1) is 12.7. The summed E-state index contributed by atoms with van der Waals surface area (Å²) in [4.78, 5) is 11.2. The Balaban J connectivity index is 2.15. The number of hydrogen-bond acceptors (Lipinski definition) is 5. The Kier molecular flexibility index (Phi) is 3.56. The minimum Gasteiger partial charge on any atom is -0.437 e. The quantitative estimate of drug-likeness (QED) is 0.815. The zero-order valence-corrected chi connectivity index (χ0v) is 10.1. The molecule has 19 heavy (non-hydrogen) atoms. The summed E-state index contributed by atoms with van der Waals surface area (Å²) < 4.78 is 18.5. The number of benzene rings is 1.